The van der Waals surface area contributed by atoms with Crippen molar-refractivity contribution < 1.29 is 48.0 Å². The van der Waals surface area contributed by atoms with Gasteiger partial charge in [-0.1, -0.05) is 6.92 Å². The molecule has 2 heterocycles. The Labute approximate surface area is 185 Å². The van der Waals surface area contributed by atoms with Crippen molar-refractivity contribution >= 4 is 29.5 Å². The number of hydrogen-bond donors (Lipinski definition) is 1. The average molecular weight is 452 g/mol. The molecule has 7 atom stereocenters. The lowest BCUT2D eigenvalue weighted by molar-refractivity contribution is -0.153. The summed E-state index contributed by atoms with van der Waals surface area (Å²) < 4.78 is 21.9. The quantitative estimate of drug-likeness (QED) is 0.203. The van der Waals surface area contributed by atoms with Crippen LogP contribution in [-0.4, -0.2) is 71.7 Å². The largest absolute Gasteiger partial charge is 0.465 e. The zero-order valence-corrected chi connectivity index (χ0v) is 18.5. The molecule has 1 saturated carbocycles. The van der Waals surface area contributed by atoms with Crippen LogP contribution in [0.5, 0.6) is 0 Å². The van der Waals surface area contributed by atoms with E-state index in [-0.39, 0.29) is 31.8 Å². The number of carbonyl (C=O) groups excluding carboxylic acids is 5. The molecule has 0 aromatic heterocycles. The summed E-state index contributed by atoms with van der Waals surface area (Å²) in [4.78, 5) is 61.8. The fourth-order valence-electron chi connectivity index (χ4n) is 4.34. The molecule has 0 spiro atoms. The molecule has 1 N–H and O–H groups in total. The number of rotatable bonds is 5. The second-order valence-electron chi connectivity index (χ2n) is 8.86. The van der Waals surface area contributed by atoms with Crippen molar-refractivity contribution in [3.8, 4) is 0 Å². The standard InChI is InChI=1S/C22H28O10/c1-10(8-23)5-17(27)30-15-6-11(2)14(25)7-16(26)22(4)20(32-22)19-18(15)13(21(28)31-19)9-29-12(3)24/h5,11,13,15,18-20,23H,6-9H2,1-4H3/b10-5-/t11-,13?,15?,18+,19-,20+,22+/m0/s1. The summed E-state index contributed by atoms with van der Waals surface area (Å²) in [6.45, 7) is 5.27. The van der Waals surface area contributed by atoms with Gasteiger partial charge in [0, 0.05) is 18.9 Å². The predicted octanol–water partition coefficient (Wildman–Crippen LogP) is 0.283. The summed E-state index contributed by atoms with van der Waals surface area (Å²) in [5, 5.41) is 9.18. The third-order valence-corrected chi connectivity index (χ3v) is 6.36. The number of esters is 3. The van der Waals surface area contributed by atoms with E-state index in [4.69, 9.17) is 18.9 Å². The van der Waals surface area contributed by atoms with Gasteiger partial charge in [0.2, 0.25) is 0 Å². The molecule has 10 heteroatoms. The second-order valence-corrected chi connectivity index (χ2v) is 8.86. The zero-order chi connectivity index (χ0) is 23.8. The van der Waals surface area contributed by atoms with Crippen molar-refractivity contribution in [2.24, 2.45) is 17.8 Å². The maximum Gasteiger partial charge on any atom is 0.331 e. The van der Waals surface area contributed by atoms with Crippen molar-refractivity contribution in [2.45, 2.75) is 64.4 Å². The topological polar surface area (TPSA) is 146 Å². The van der Waals surface area contributed by atoms with E-state index >= 15 is 0 Å². The molecule has 176 valence electrons. The molecule has 32 heavy (non-hydrogen) atoms. The first kappa shape index (κ1) is 24.1. The third-order valence-electron chi connectivity index (χ3n) is 6.36. The van der Waals surface area contributed by atoms with Gasteiger partial charge in [-0.3, -0.25) is 19.2 Å². The Morgan fingerprint density at radius 2 is 1.94 bits per heavy atom. The molecular weight excluding hydrogens is 424 g/mol. The molecular formula is C22H28O10. The van der Waals surface area contributed by atoms with Crippen molar-refractivity contribution in [3.05, 3.63) is 11.6 Å². The van der Waals surface area contributed by atoms with Crippen LogP contribution in [0.1, 0.15) is 40.5 Å². The third kappa shape index (κ3) is 4.75. The van der Waals surface area contributed by atoms with E-state index in [0.717, 1.165) is 6.08 Å². The maximum absolute atomic E-state index is 12.7. The van der Waals surface area contributed by atoms with E-state index in [0.29, 0.717) is 5.57 Å². The number of aliphatic hydroxyl groups is 1. The highest BCUT2D eigenvalue weighted by Crippen LogP contribution is 2.49. The van der Waals surface area contributed by atoms with Gasteiger partial charge in [-0.2, -0.15) is 0 Å². The van der Waals surface area contributed by atoms with Gasteiger partial charge in [-0.25, -0.2) is 4.79 Å². The van der Waals surface area contributed by atoms with Crippen molar-refractivity contribution in [3.63, 3.8) is 0 Å². The summed E-state index contributed by atoms with van der Waals surface area (Å²) in [6.07, 6.45) is -1.84. The number of hydrogen-bond acceptors (Lipinski definition) is 10. The van der Waals surface area contributed by atoms with Crippen LogP contribution in [0.3, 0.4) is 0 Å². The minimum absolute atomic E-state index is 0.0433. The fourth-order valence-corrected chi connectivity index (χ4v) is 4.34. The molecule has 10 nitrogen and oxygen atoms in total. The molecule has 3 aliphatic rings. The lowest BCUT2D eigenvalue weighted by Gasteiger charge is -2.31. The lowest BCUT2D eigenvalue weighted by Crippen LogP contribution is -2.45. The van der Waals surface area contributed by atoms with E-state index in [1.54, 1.807) is 13.8 Å². The Morgan fingerprint density at radius 3 is 2.56 bits per heavy atom. The fraction of sp³-hybridized carbons (Fsp3) is 0.682. The smallest absolute Gasteiger partial charge is 0.331 e. The van der Waals surface area contributed by atoms with Crippen molar-refractivity contribution in [1.82, 2.24) is 0 Å². The number of aliphatic hydroxyl groups excluding tert-OH is 1. The second kappa shape index (κ2) is 9.11. The summed E-state index contributed by atoms with van der Waals surface area (Å²) in [5.41, 5.74) is -0.914. The first-order chi connectivity index (χ1) is 15.0. The number of fused-ring (bicyclic) bond motifs is 3. The van der Waals surface area contributed by atoms with E-state index in [9.17, 15) is 29.1 Å². The number of ketones is 2. The van der Waals surface area contributed by atoms with Crippen LogP contribution in [-0.2, 0) is 42.9 Å². The number of Topliss-reactive ketones (excluding diaryl/α,β-unsaturated/α-hetero) is 2. The highest BCUT2D eigenvalue weighted by Gasteiger charge is 2.68. The van der Waals surface area contributed by atoms with E-state index in [1.165, 1.54) is 13.8 Å². The van der Waals surface area contributed by atoms with Crippen LogP contribution in [0.2, 0.25) is 0 Å². The van der Waals surface area contributed by atoms with Gasteiger partial charge in [-0.15, -0.1) is 0 Å². The van der Waals surface area contributed by atoms with Gasteiger partial charge in [-0.05, 0) is 25.8 Å². The normalized spacial score (nSPS) is 37.2. The lowest BCUT2D eigenvalue weighted by atomic mass is 9.76. The van der Waals surface area contributed by atoms with Gasteiger partial charge in [0.25, 0.3) is 0 Å². The van der Waals surface area contributed by atoms with Gasteiger partial charge in [0.1, 0.15) is 36.6 Å². The Balaban J connectivity index is 1.99. The van der Waals surface area contributed by atoms with Crippen LogP contribution in [0.4, 0.5) is 0 Å². The Morgan fingerprint density at radius 1 is 1.25 bits per heavy atom. The van der Waals surface area contributed by atoms with Crippen LogP contribution in [0.25, 0.3) is 0 Å². The highest BCUT2D eigenvalue weighted by molar-refractivity contribution is 6.05. The van der Waals surface area contributed by atoms with Crippen LogP contribution >= 0.6 is 0 Å². The molecule has 1 aliphatic carbocycles. The molecule has 3 rings (SSSR count). The molecule has 3 fully saturated rings. The Kier molecular flexibility index (Phi) is 6.85. The van der Waals surface area contributed by atoms with Crippen molar-refractivity contribution in [1.29, 1.82) is 0 Å². The van der Waals surface area contributed by atoms with Crippen LogP contribution < -0.4 is 0 Å². The number of epoxide rings is 1. The van der Waals surface area contributed by atoms with Crippen molar-refractivity contribution in [2.75, 3.05) is 13.2 Å². The minimum atomic E-state index is -1.28. The highest BCUT2D eigenvalue weighted by atomic mass is 16.7. The number of ether oxygens (including phenoxy) is 4. The first-order valence-corrected chi connectivity index (χ1v) is 10.5. The molecule has 2 saturated heterocycles. The maximum atomic E-state index is 12.7. The predicted molar refractivity (Wildman–Crippen MR) is 106 cm³/mol. The molecule has 0 bridgehead atoms. The molecule has 0 amide bonds. The van der Waals surface area contributed by atoms with Gasteiger partial charge >= 0.3 is 17.9 Å². The summed E-state index contributed by atoms with van der Waals surface area (Å²) in [5.74, 6) is -5.14. The SMILES string of the molecule is CC(=O)OCC1C(=O)O[C@H]2[C@H]1C(OC(=O)/C=C(/C)CO)C[C@H](C)C(=O)CC(=O)[C@@]1(C)O[C@H]21. The van der Waals surface area contributed by atoms with E-state index in [1.807, 2.05) is 0 Å². The minimum Gasteiger partial charge on any atom is -0.465 e. The molecule has 0 aromatic rings. The van der Waals surface area contributed by atoms with Gasteiger partial charge < -0.3 is 24.1 Å². The molecule has 2 unspecified atom stereocenters. The van der Waals surface area contributed by atoms with Crippen LogP contribution in [0.15, 0.2) is 11.6 Å². The zero-order valence-electron chi connectivity index (χ0n) is 18.5. The Bertz CT molecular complexity index is 861. The Hall–Kier alpha value is -2.59. The summed E-state index contributed by atoms with van der Waals surface area (Å²) in [6, 6.07) is 0. The van der Waals surface area contributed by atoms with Gasteiger partial charge in [0.05, 0.1) is 18.9 Å². The summed E-state index contributed by atoms with van der Waals surface area (Å²) in [7, 11) is 0. The van der Waals surface area contributed by atoms with Crippen LogP contribution in [0, 0.1) is 17.8 Å². The monoisotopic (exact) mass is 452 g/mol. The number of carbonyl (C=O) groups is 5. The first-order valence-electron chi connectivity index (χ1n) is 10.5. The van der Waals surface area contributed by atoms with Gasteiger partial charge in [0.15, 0.2) is 11.4 Å². The summed E-state index contributed by atoms with van der Waals surface area (Å²) >= 11 is 0. The molecule has 0 radical (unpaired) electrons. The van der Waals surface area contributed by atoms with E-state index in [2.05, 4.69) is 0 Å². The molecule has 0 aromatic carbocycles. The average Bonchev–Trinajstić information content (AvgIpc) is 3.30. The van der Waals surface area contributed by atoms with E-state index < -0.39 is 65.4 Å². The molecule has 2 aliphatic heterocycles.